The molecule has 1 amide bonds. The highest BCUT2D eigenvalue weighted by Gasteiger charge is 2.33. The van der Waals surface area contributed by atoms with Crippen molar-refractivity contribution >= 4 is 17.5 Å². The second-order valence-electron chi connectivity index (χ2n) is 3.66. The molecular weight excluding hydrogens is 219 g/mol. The lowest BCUT2D eigenvalue weighted by Crippen LogP contribution is -2.45. The summed E-state index contributed by atoms with van der Waals surface area (Å²) >= 11 is 5.43. The van der Waals surface area contributed by atoms with Gasteiger partial charge in [-0.3, -0.25) is 4.79 Å². The predicted molar refractivity (Wildman–Crippen MR) is 48.2 cm³/mol. The van der Waals surface area contributed by atoms with E-state index in [1.54, 1.807) is 13.8 Å². The molecule has 84 valence electrons. The number of hydrogen-bond donors (Lipinski definition) is 1. The zero-order valence-corrected chi connectivity index (χ0v) is 8.80. The molecule has 6 heteroatoms. The molecule has 14 heavy (non-hydrogen) atoms. The van der Waals surface area contributed by atoms with E-state index < -0.39 is 24.0 Å². The van der Waals surface area contributed by atoms with Gasteiger partial charge in [0.1, 0.15) is 6.42 Å². The minimum atomic E-state index is -4.46. The molecule has 0 aromatic carbocycles. The van der Waals surface area contributed by atoms with Crippen LogP contribution in [0.25, 0.3) is 0 Å². The average Bonchev–Trinajstić information content (AvgIpc) is 1.78. The highest BCUT2D eigenvalue weighted by atomic mass is 35.5. The molecule has 0 aromatic rings. The molecule has 0 atom stereocenters. The number of carbonyl (C=O) groups excluding carboxylic acids is 1. The molecule has 0 aromatic heterocycles. The van der Waals surface area contributed by atoms with E-state index in [0.717, 1.165) is 0 Å². The van der Waals surface area contributed by atoms with Crippen LogP contribution in [-0.2, 0) is 4.79 Å². The second kappa shape index (κ2) is 4.87. The van der Waals surface area contributed by atoms with Crippen molar-refractivity contribution in [2.75, 3.05) is 5.88 Å². The number of carbonyl (C=O) groups is 1. The van der Waals surface area contributed by atoms with Crippen LogP contribution in [0.1, 0.15) is 26.7 Å². The Morgan fingerprint density at radius 2 is 1.86 bits per heavy atom. The Labute approximate surface area is 85.8 Å². The normalized spacial score (nSPS) is 12.7. The highest BCUT2D eigenvalue weighted by molar-refractivity contribution is 6.17. The molecule has 0 aliphatic rings. The summed E-state index contributed by atoms with van der Waals surface area (Å²) in [7, 11) is 0. The third kappa shape index (κ3) is 7.00. The Kier molecular flexibility index (Phi) is 4.71. The lowest BCUT2D eigenvalue weighted by molar-refractivity contribution is -0.154. The third-order valence-electron chi connectivity index (χ3n) is 1.56. The van der Waals surface area contributed by atoms with Gasteiger partial charge in [-0.05, 0) is 20.3 Å². The predicted octanol–water partition coefficient (Wildman–Crippen LogP) is 2.46. The summed E-state index contributed by atoms with van der Waals surface area (Å²) in [5.74, 6) is -0.730. The molecule has 0 bridgehead atoms. The number of rotatable bonds is 4. The van der Waals surface area contributed by atoms with Crippen LogP contribution in [0.5, 0.6) is 0 Å². The third-order valence-corrected chi connectivity index (χ3v) is 1.75. The Balaban J connectivity index is 4.06. The molecule has 0 saturated heterocycles. The van der Waals surface area contributed by atoms with E-state index in [1.807, 2.05) is 0 Å². The molecule has 2 nitrogen and oxygen atoms in total. The molecular formula is C8H13ClF3NO. The zero-order chi connectivity index (χ0) is 11.4. The Hall–Kier alpha value is -0.450. The quantitative estimate of drug-likeness (QED) is 0.740. The first-order valence-corrected chi connectivity index (χ1v) is 4.63. The molecule has 0 fully saturated rings. The van der Waals surface area contributed by atoms with Crippen molar-refractivity contribution in [3.8, 4) is 0 Å². The lowest BCUT2D eigenvalue weighted by atomic mass is 10.0. The Morgan fingerprint density at radius 1 is 1.36 bits per heavy atom. The van der Waals surface area contributed by atoms with Crippen LogP contribution in [0, 0.1) is 0 Å². The van der Waals surface area contributed by atoms with Crippen molar-refractivity contribution in [1.82, 2.24) is 5.32 Å². The summed E-state index contributed by atoms with van der Waals surface area (Å²) in [6.45, 7) is 3.26. The minimum absolute atomic E-state index is 0.291. The van der Waals surface area contributed by atoms with Crippen LogP contribution in [0.4, 0.5) is 13.2 Å². The van der Waals surface area contributed by atoms with E-state index in [9.17, 15) is 18.0 Å². The standard InChI is InChI=1S/C8H13ClF3NO/c1-7(2,3-4-9)13-6(14)5-8(10,11)12/h3-5H2,1-2H3,(H,13,14). The lowest BCUT2D eigenvalue weighted by Gasteiger charge is -2.25. The van der Waals surface area contributed by atoms with Crippen LogP contribution < -0.4 is 5.32 Å². The maximum Gasteiger partial charge on any atom is 0.397 e. The average molecular weight is 232 g/mol. The van der Waals surface area contributed by atoms with E-state index >= 15 is 0 Å². The van der Waals surface area contributed by atoms with Crippen LogP contribution in [0.15, 0.2) is 0 Å². The van der Waals surface area contributed by atoms with Gasteiger partial charge in [0.25, 0.3) is 0 Å². The Bertz CT molecular complexity index is 203. The molecule has 1 N–H and O–H groups in total. The SMILES string of the molecule is CC(C)(CCCl)NC(=O)CC(F)(F)F. The maximum atomic E-state index is 11.8. The Morgan fingerprint density at radius 3 is 2.21 bits per heavy atom. The van der Waals surface area contributed by atoms with Gasteiger partial charge in [0.2, 0.25) is 5.91 Å². The molecule has 0 heterocycles. The smallest absolute Gasteiger partial charge is 0.351 e. The summed E-state index contributed by atoms with van der Waals surface area (Å²) < 4.78 is 35.3. The van der Waals surface area contributed by atoms with E-state index in [1.165, 1.54) is 0 Å². The maximum absolute atomic E-state index is 11.8. The fourth-order valence-electron chi connectivity index (χ4n) is 0.902. The van der Waals surface area contributed by atoms with Crippen molar-refractivity contribution in [2.24, 2.45) is 0 Å². The van der Waals surface area contributed by atoms with Gasteiger partial charge >= 0.3 is 6.18 Å². The van der Waals surface area contributed by atoms with Crippen molar-refractivity contribution in [3.63, 3.8) is 0 Å². The van der Waals surface area contributed by atoms with Gasteiger partial charge in [-0.1, -0.05) is 0 Å². The van der Waals surface area contributed by atoms with Crippen molar-refractivity contribution in [1.29, 1.82) is 0 Å². The van der Waals surface area contributed by atoms with Crippen LogP contribution in [0.3, 0.4) is 0 Å². The zero-order valence-electron chi connectivity index (χ0n) is 8.04. The molecule has 0 rings (SSSR count). The summed E-state index contributed by atoms with van der Waals surface area (Å²) in [6.07, 6.45) is -5.47. The molecule has 0 spiro atoms. The van der Waals surface area contributed by atoms with Crippen molar-refractivity contribution < 1.29 is 18.0 Å². The first kappa shape index (κ1) is 13.5. The van der Waals surface area contributed by atoms with E-state index in [0.29, 0.717) is 12.3 Å². The molecule has 0 radical (unpaired) electrons. The first-order chi connectivity index (χ1) is 6.16. The van der Waals surface area contributed by atoms with Gasteiger partial charge in [-0.25, -0.2) is 0 Å². The van der Waals surface area contributed by atoms with Gasteiger partial charge < -0.3 is 5.32 Å². The summed E-state index contributed by atoms with van der Waals surface area (Å²) in [4.78, 5) is 10.9. The van der Waals surface area contributed by atoms with E-state index in [-0.39, 0.29) is 0 Å². The summed E-state index contributed by atoms with van der Waals surface area (Å²) in [5.41, 5.74) is -0.690. The van der Waals surface area contributed by atoms with Gasteiger partial charge in [-0.15, -0.1) is 11.6 Å². The van der Waals surface area contributed by atoms with Crippen LogP contribution in [0.2, 0.25) is 0 Å². The van der Waals surface area contributed by atoms with Crippen LogP contribution >= 0.6 is 11.6 Å². The number of halogens is 4. The topological polar surface area (TPSA) is 29.1 Å². The molecule has 0 saturated carbocycles. The second-order valence-corrected chi connectivity index (χ2v) is 4.04. The number of amides is 1. The van der Waals surface area contributed by atoms with E-state index in [2.05, 4.69) is 5.32 Å². The van der Waals surface area contributed by atoms with Crippen LogP contribution in [-0.4, -0.2) is 23.5 Å². The number of alkyl halides is 4. The monoisotopic (exact) mass is 231 g/mol. The molecule has 0 unspecified atom stereocenters. The number of nitrogens with one attached hydrogen (secondary N) is 1. The summed E-state index contributed by atoms with van der Waals surface area (Å²) in [5, 5.41) is 2.27. The number of hydrogen-bond acceptors (Lipinski definition) is 1. The fourth-order valence-corrected chi connectivity index (χ4v) is 1.37. The van der Waals surface area contributed by atoms with Gasteiger partial charge in [-0.2, -0.15) is 13.2 Å². The fraction of sp³-hybridized carbons (Fsp3) is 0.875. The summed E-state index contributed by atoms with van der Waals surface area (Å²) in [6, 6.07) is 0. The van der Waals surface area contributed by atoms with Crippen molar-refractivity contribution in [3.05, 3.63) is 0 Å². The van der Waals surface area contributed by atoms with Crippen molar-refractivity contribution in [2.45, 2.75) is 38.4 Å². The van der Waals surface area contributed by atoms with Gasteiger partial charge in [0.15, 0.2) is 0 Å². The van der Waals surface area contributed by atoms with Gasteiger partial charge in [0.05, 0.1) is 0 Å². The largest absolute Gasteiger partial charge is 0.397 e. The molecule has 0 aliphatic heterocycles. The minimum Gasteiger partial charge on any atom is -0.351 e. The van der Waals surface area contributed by atoms with Gasteiger partial charge in [0, 0.05) is 11.4 Å². The van der Waals surface area contributed by atoms with E-state index in [4.69, 9.17) is 11.6 Å². The first-order valence-electron chi connectivity index (χ1n) is 4.10. The highest BCUT2D eigenvalue weighted by Crippen LogP contribution is 2.20. The molecule has 0 aliphatic carbocycles.